The molecule has 0 aliphatic rings. The van der Waals surface area contributed by atoms with Gasteiger partial charge in [-0.25, -0.2) is 9.59 Å². The van der Waals surface area contributed by atoms with Crippen molar-refractivity contribution in [1.82, 2.24) is 0 Å². The van der Waals surface area contributed by atoms with Crippen LogP contribution in [-0.2, 0) is 19.1 Å². The van der Waals surface area contributed by atoms with Gasteiger partial charge >= 0.3 is 11.9 Å². The van der Waals surface area contributed by atoms with E-state index in [1.165, 1.54) is 0 Å². The minimum absolute atomic E-state index is 0.0794. The van der Waals surface area contributed by atoms with Crippen LogP contribution in [0.1, 0.15) is 80.1 Å². The Morgan fingerprint density at radius 3 is 1.25 bits per heavy atom. The molecule has 4 nitrogen and oxygen atoms in total. The summed E-state index contributed by atoms with van der Waals surface area (Å²) in [5.74, 6) is -0.917. The maximum atomic E-state index is 12.5. The van der Waals surface area contributed by atoms with Gasteiger partial charge in [-0.3, -0.25) is 0 Å². The minimum atomic E-state index is -0.379. The van der Waals surface area contributed by atoms with E-state index in [9.17, 15) is 9.59 Å². The number of hydrogen-bond donors (Lipinski definition) is 0. The fourth-order valence-corrected chi connectivity index (χ4v) is 2.50. The Balaban J connectivity index is 5.13. The van der Waals surface area contributed by atoms with Gasteiger partial charge < -0.3 is 9.47 Å². The molecule has 0 unspecified atom stereocenters. The number of rotatable bonds is 12. The Morgan fingerprint density at radius 1 is 0.667 bits per heavy atom. The second-order valence-electron chi connectivity index (χ2n) is 6.82. The second-order valence-corrected chi connectivity index (χ2v) is 6.82. The van der Waals surface area contributed by atoms with Crippen LogP contribution in [0, 0.1) is 11.8 Å². The number of hydrogen-bond acceptors (Lipinski definition) is 4. The molecule has 0 aromatic rings. The fourth-order valence-electron chi connectivity index (χ4n) is 2.50. The molecule has 0 bridgehead atoms. The Kier molecular flexibility index (Phi) is 12.3. The molecule has 0 aliphatic carbocycles. The summed E-state index contributed by atoms with van der Waals surface area (Å²) in [4.78, 5) is 25.0. The fraction of sp³-hybridized carbons (Fsp3) is 0.800. The molecular formula is C20H36O4. The molecule has 24 heavy (non-hydrogen) atoms. The summed E-state index contributed by atoms with van der Waals surface area (Å²) in [6.45, 7) is 12.7. The predicted octanol–water partition coefficient (Wildman–Crippen LogP) is 5.06. The summed E-state index contributed by atoms with van der Waals surface area (Å²) in [5.41, 5.74) is 0.920. The third-order valence-corrected chi connectivity index (χ3v) is 3.85. The molecule has 0 N–H and O–H groups in total. The summed E-state index contributed by atoms with van der Waals surface area (Å²) in [7, 11) is 0. The molecule has 0 atom stereocenters. The quantitative estimate of drug-likeness (QED) is 0.283. The molecule has 0 heterocycles. The van der Waals surface area contributed by atoms with Crippen molar-refractivity contribution >= 4 is 11.9 Å². The SMILES string of the molecule is CCCCCOC(=O)/C(=C(\C(=O)OCCCCC)C(C)C)C(C)C. The van der Waals surface area contributed by atoms with Crippen LogP contribution in [-0.4, -0.2) is 25.2 Å². The molecule has 0 aromatic carbocycles. The normalized spacial score (nSPS) is 12.3. The third kappa shape index (κ3) is 8.51. The molecule has 0 rings (SSSR count). The van der Waals surface area contributed by atoms with Gasteiger partial charge in [0.15, 0.2) is 0 Å². The first kappa shape index (κ1) is 22.7. The maximum Gasteiger partial charge on any atom is 0.334 e. The smallest absolute Gasteiger partial charge is 0.334 e. The van der Waals surface area contributed by atoms with Crippen molar-refractivity contribution in [1.29, 1.82) is 0 Å². The van der Waals surface area contributed by atoms with E-state index in [4.69, 9.17) is 9.47 Å². The van der Waals surface area contributed by atoms with Crippen molar-refractivity contribution in [3.63, 3.8) is 0 Å². The van der Waals surface area contributed by atoms with E-state index in [-0.39, 0.29) is 23.8 Å². The van der Waals surface area contributed by atoms with E-state index < -0.39 is 0 Å². The van der Waals surface area contributed by atoms with E-state index in [0.29, 0.717) is 24.4 Å². The van der Waals surface area contributed by atoms with E-state index in [2.05, 4.69) is 13.8 Å². The lowest BCUT2D eigenvalue weighted by molar-refractivity contribution is -0.143. The van der Waals surface area contributed by atoms with E-state index in [1.54, 1.807) is 0 Å². The average molecular weight is 341 g/mol. The molecule has 0 amide bonds. The van der Waals surface area contributed by atoms with Crippen molar-refractivity contribution in [3.05, 3.63) is 11.1 Å². The first-order valence-electron chi connectivity index (χ1n) is 9.44. The first-order chi connectivity index (χ1) is 11.4. The van der Waals surface area contributed by atoms with Gasteiger partial charge in [0.1, 0.15) is 0 Å². The largest absolute Gasteiger partial charge is 0.462 e. The van der Waals surface area contributed by atoms with Crippen molar-refractivity contribution in [2.45, 2.75) is 80.1 Å². The summed E-state index contributed by atoms with van der Waals surface area (Å²) in [5, 5.41) is 0. The van der Waals surface area contributed by atoms with Gasteiger partial charge in [-0.05, 0) is 24.7 Å². The number of unbranched alkanes of at least 4 members (excludes halogenated alkanes) is 4. The van der Waals surface area contributed by atoms with Gasteiger partial charge in [-0.1, -0.05) is 67.2 Å². The third-order valence-electron chi connectivity index (χ3n) is 3.85. The standard InChI is InChI=1S/C20H36O4/c1-7-9-11-13-23-19(21)17(15(3)4)18(16(5)6)20(22)24-14-12-10-8-2/h15-16H,7-14H2,1-6H3/b18-17-. The highest BCUT2D eigenvalue weighted by molar-refractivity contribution is 6.01. The zero-order valence-electron chi connectivity index (χ0n) is 16.4. The molecule has 0 saturated heterocycles. The lowest BCUT2D eigenvalue weighted by atomic mass is 9.90. The van der Waals surface area contributed by atoms with Gasteiger partial charge in [0, 0.05) is 0 Å². The van der Waals surface area contributed by atoms with E-state index in [1.807, 2.05) is 27.7 Å². The average Bonchev–Trinajstić information content (AvgIpc) is 2.52. The van der Waals surface area contributed by atoms with Crippen LogP contribution in [0.2, 0.25) is 0 Å². The lowest BCUT2D eigenvalue weighted by Gasteiger charge is -2.19. The van der Waals surface area contributed by atoms with Gasteiger partial charge in [0.25, 0.3) is 0 Å². The highest BCUT2D eigenvalue weighted by Crippen LogP contribution is 2.24. The monoisotopic (exact) mass is 340 g/mol. The predicted molar refractivity (Wildman–Crippen MR) is 97.7 cm³/mol. The molecule has 0 spiro atoms. The van der Waals surface area contributed by atoms with Crippen molar-refractivity contribution in [3.8, 4) is 0 Å². The van der Waals surface area contributed by atoms with Crippen molar-refractivity contribution in [2.75, 3.05) is 13.2 Å². The van der Waals surface area contributed by atoms with Gasteiger partial charge in [0.05, 0.1) is 24.4 Å². The number of carbonyl (C=O) groups is 2. The van der Waals surface area contributed by atoms with Gasteiger partial charge in [-0.2, -0.15) is 0 Å². The molecule has 0 radical (unpaired) electrons. The highest BCUT2D eigenvalue weighted by atomic mass is 16.5. The Morgan fingerprint density at radius 2 is 1.00 bits per heavy atom. The first-order valence-corrected chi connectivity index (χ1v) is 9.44. The maximum absolute atomic E-state index is 12.5. The van der Waals surface area contributed by atoms with Crippen molar-refractivity contribution < 1.29 is 19.1 Å². The van der Waals surface area contributed by atoms with Gasteiger partial charge in [-0.15, -0.1) is 0 Å². The number of carbonyl (C=O) groups excluding carboxylic acids is 2. The second kappa shape index (κ2) is 13.0. The van der Waals surface area contributed by atoms with Crippen LogP contribution in [0.3, 0.4) is 0 Å². The Hall–Kier alpha value is -1.32. The number of ether oxygens (including phenoxy) is 2. The van der Waals surface area contributed by atoms with Crippen LogP contribution in [0.15, 0.2) is 11.1 Å². The van der Waals surface area contributed by atoms with Crippen molar-refractivity contribution in [2.24, 2.45) is 11.8 Å². The summed E-state index contributed by atoms with van der Waals surface area (Å²) in [6.07, 6.45) is 5.92. The molecule has 0 fully saturated rings. The van der Waals surface area contributed by atoms with Gasteiger partial charge in [0.2, 0.25) is 0 Å². The molecule has 0 aliphatic heterocycles. The van der Waals surface area contributed by atoms with E-state index in [0.717, 1.165) is 38.5 Å². The van der Waals surface area contributed by atoms with E-state index >= 15 is 0 Å². The zero-order chi connectivity index (χ0) is 18.5. The Labute approximate surface area is 148 Å². The van der Waals surface area contributed by atoms with Crippen LogP contribution in [0.4, 0.5) is 0 Å². The molecule has 4 heteroatoms. The summed E-state index contributed by atoms with van der Waals surface area (Å²) in [6, 6.07) is 0. The minimum Gasteiger partial charge on any atom is -0.462 e. The molecule has 0 aromatic heterocycles. The van der Waals surface area contributed by atoms with Crippen LogP contribution >= 0.6 is 0 Å². The number of esters is 2. The van der Waals surface area contributed by atoms with Crippen LogP contribution in [0.5, 0.6) is 0 Å². The zero-order valence-corrected chi connectivity index (χ0v) is 16.4. The topological polar surface area (TPSA) is 52.6 Å². The van der Waals surface area contributed by atoms with Crippen LogP contribution < -0.4 is 0 Å². The van der Waals surface area contributed by atoms with Crippen LogP contribution in [0.25, 0.3) is 0 Å². The highest BCUT2D eigenvalue weighted by Gasteiger charge is 2.27. The Bertz CT molecular complexity index is 370. The summed E-state index contributed by atoms with van der Waals surface area (Å²) < 4.78 is 10.8. The molecular weight excluding hydrogens is 304 g/mol. The molecule has 0 saturated carbocycles. The lowest BCUT2D eigenvalue weighted by Crippen LogP contribution is -2.23. The summed E-state index contributed by atoms with van der Waals surface area (Å²) >= 11 is 0. The molecule has 140 valence electrons.